The lowest BCUT2D eigenvalue weighted by molar-refractivity contribution is -0.127. The minimum absolute atomic E-state index is 0.0714. The smallest absolute Gasteiger partial charge is 0.253 e. The van der Waals surface area contributed by atoms with Gasteiger partial charge in [-0.1, -0.05) is 25.7 Å². The van der Waals surface area contributed by atoms with Gasteiger partial charge in [0.05, 0.1) is 12.2 Å². The average molecular weight is 422 g/mol. The Morgan fingerprint density at radius 2 is 1.62 bits per heavy atom. The molecule has 0 bridgehead atoms. The summed E-state index contributed by atoms with van der Waals surface area (Å²) in [5, 5.41) is 3.21. The number of sulfonamides is 1. The van der Waals surface area contributed by atoms with Crippen molar-refractivity contribution in [3.05, 3.63) is 29.8 Å². The van der Waals surface area contributed by atoms with Crippen LogP contribution in [0.15, 0.2) is 24.3 Å². The number of amides is 2. The number of nitrogens with one attached hydrogen (secondary N) is 2. The van der Waals surface area contributed by atoms with Gasteiger partial charge in [-0.3, -0.25) is 14.3 Å². The molecule has 1 saturated heterocycles. The van der Waals surface area contributed by atoms with Crippen LogP contribution in [0.4, 0.5) is 5.69 Å². The summed E-state index contributed by atoms with van der Waals surface area (Å²) in [5.74, 6) is -0.216. The molecule has 2 N–H and O–H groups in total. The SMILES string of the molecule is CS(=O)(=O)Nc1ccc(C(=O)N2CCCC(C(=O)NC3CCCCCC3)C2)cc1. The topological polar surface area (TPSA) is 95.6 Å². The fraction of sp³-hybridized carbons (Fsp3) is 0.619. The van der Waals surface area contributed by atoms with Gasteiger partial charge in [-0.15, -0.1) is 0 Å². The molecule has 2 aliphatic rings. The van der Waals surface area contributed by atoms with Gasteiger partial charge in [0.15, 0.2) is 0 Å². The van der Waals surface area contributed by atoms with Gasteiger partial charge < -0.3 is 10.2 Å². The van der Waals surface area contributed by atoms with E-state index < -0.39 is 10.0 Å². The van der Waals surface area contributed by atoms with E-state index in [2.05, 4.69) is 10.0 Å². The zero-order chi connectivity index (χ0) is 20.9. The lowest BCUT2D eigenvalue weighted by Crippen LogP contribution is -2.47. The lowest BCUT2D eigenvalue weighted by atomic mass is 9.95. The van der Waals surface area contributed by atoms with Crippen LogP contribution in [-0.2, 0) is 14.8 Å². The van der Waals surface area contributed by atoms with Crippen molar-refractivity contribution in [1.82, 2.24) is 10.2 Å². The number of carbonyl (C=O) groups excluding carboxylic acids is 2. The van der Waals surface area contributed by atoms with Gasteiger partial charge in [0.2, 0.25) is 15.9 Å². The van der Waals surface area contributed by atoms with Gasteiger partial charge >= 0.3 is 0 Å². The van der Waals surface area contributed by atoms with Crippen molar-refractivity contribution in [2.24, 2.45) is 5.92 Å². The molecular formula is C21H31N3O4S. The fourth-order valence-electron chi connectivity index (χ4n) is 4.20. The first-order valence-corrected chi connectivity index (χ1v) is 12.4. The van der Waals surface area contributed by atoms with Crippen LogP contribution in [0.5, 0.6) is 0 Å². The van der Waals surface area contributed by atoms with Crippen molar-refractivity contribution in [3.63, 3.8) is 0 Å². The lowest BCUT2D eigenvalue weighted by Gasteiger charge is -2.33. The maximum atomic E-state index is 12.9. The normalized spacial score (nSPS) is 21.3. The molecule has 2 amide bonds. The minimum atomic E-state index is -3.35. The fourth-order valence-corrected chi connectivity index (χ4v) is 4.76. The molecule has 1 aromatic rings. The standard InChI is InChI=1S/C21H31N3O4S/c1-29(27,28)23-19-12-10-16(11-13-19)21(26)24-14-6-7-17(15-24)20(25)22-18-8-4-2-3-5-9-18/h10-13,17-18,23H,2-9,14-15H2,1H3,(H,22,25). The first-order chi connectivity index (χ1) is 13.8. The quantitative estimate of drug-likeness (QED) is 0.715. The summed E-state index contributed by atoms with van der Waals surface area (Å²) in [6.45, 7) is 1.07. The van der Waals surface area contributed by atoms with Crippen LogP contribution in [0.1, 0.15) is 61.7 Å². The van der Waals surface area contributed by atoms with E-state index in [-0.39, 0.29) is 23.8 Å². The molecule has 0 aromatic heterocycles. The Kier molecular flexibility index (Phi) is 7.16. The van der Waals surface area contributed by atoms with Crippen LogP contribution in [0.25, 0.3) is 0 Å². The zero-order valence-corrected chi connectivity index (χ0v) is 17.8. The molecule has 7 nitrogen and oxygen atoms in total. The van der Waals surface area contributed by atoms with Gasteiger partial charge in [-0.25, -0.2) is 8.42 Å². The van der Waals surface area contributed by atoms with Gasteiger partial charge in [0, 0.05) is 30.4 Å². The monoisotopic (exact) mass is 421 g/mol. The van der Waals surface area contributed by atoms with E-state index in [0.29, 0.717) is 24.3 Å². The highest BCUT2D eigenvalue weighted by Gasteiger charge is 2.30. The average Bonchev–Trinajstić information content (AvgIpc) is 2.95. The second kappa shape index (κ2) is 9.61. The van der Waals surface area contributed by atoms with E-state index in [1.54, 1.807) is 29.2 Å². The van der Waals surface area contributed by atoms with E-state index in [1.807, 2.05) is 0 Å². The van der Waals surface area contributed by atoms with Gasteiger partial charge in [-0.2, -0.15) is 0 Å². The summed E-state index contributed by atoms with van der Waals surface area (Å²) in [6, 6.07) is 6.66. The maximum Gasteiger partial charge on any atom is 0.253 e. The van der Waals surface area contributed by atoms with Crippen LogP contribution in [0.2, 0.25) is 0 Å². The molecule has 1 aliphatic carbocycles. The number of piperidine rings is 1. The largest absolute Gasteiger partial charge is 0.353 e. The Bertz CT molecular complexity index is 815. The van der Waals surface area contributed by atoms with Crippen molar-refractivity contribution in [3.8, 4) is 0 Å². The highest BCUT2D eigenvalue weighted by molar-refractivity contribution is 7.92. The van der Waals surface area contributed by atoms with Gasteiger partial charge in [-0.05, 0) is 49.9 Å². The summed E-state index contributed by atoms with van der Waals surface area (Å²) in [7, 11) is -3.35. The number of carbonyl (C=O) groups is 2. The Balaban J connectivity index is 1.57. The number of hydrogen-bond acceptors (Lipinski definition) is 4. The molecule has 1 unspecified atom stereocenters. The van der Waals surface area contributed by atoms with Crippen LogP contribution in [0.3, 0.4) is 0 Å². The molecule has 2 fully saturated rings. The number of rotatable bonds is 5. The van der Waals surface area contributed by atoms with Crippen molar-refractivity contribution in [2.75, 3.05) is 24.1 Å². The highest BCUT2D eigenvalue weighted by atomic mass is 32.2. The van der Waals surface area contributed by atoms with E-state index in [1.165, 1.54) is 25.7 Å². The van der Waals surface area contributed by atoms with Gasteiger partial charge in [0.1, 0.15) is 0 Å². The summed E-state index contributed by atoms with van der Waals surface area (Å²) in [5.41, 5.74) is 0.914. The molecule has 29 heavy (non-hydrogen) atoms. The van der Waals surface area contributed by atoms with Crippen LogP contribution >= 0.6 is 0 Å². The third-order valence-electron chi connectivity index (χ3n) is 5.72. The molecule has 160 valence electrons. The summed E-state index contributed by atoms with van der Waals surface area (Å²) < 4.78 is 25.0. The molecule has 1 heterocycles. The summed E-state index contributed by atoms with van der Waals surface area (Å²) in [4.78, 5) is 27.3. The van der Waals surface area contributed by atoms with Crippen LogP contribution in [-0.4, -0.2) is 50.5 Å². The molecule has 3 rings (SSSR count). The van der Waals surface area contributed by atoms with Gasteiger partial charge in [0.25, 0.3) is 5.91 Å². The Morgan fingerprint density at radius 3 is 2.24 bits per heavy atom. The third kappa shape index (κ3) is 6.45. The molecule has 1 saturated carbocycles. The predicted molar refractivity (Wildman–Crippen MR) is 113 cm³/mol. The van der Waals surface area contributed by atoms with E-state index in [9.17, 15) is 18.0 Å². The predicted octanol–water partition coefficient (Wildman–Crippen LogP) is 2.75. The van der Waals surface area contributed by atoms with Crippen LogP contribution in [0, 0.1) is 5.92 Å². The summed E-state index contributed by atoms with van der Waals surface area (Å²) in [6.07, 6.45) is 9.63. The number of benzene rings is 1. The molecular weight excluding hydrogens is 390 g/mol. The van der Waals surface area contributed by atoms with Crippen molar-refractivity contribution in [2.45, 2.75) is 57.4 Å². The molecule has 1 aromatic carbocycles. The number of anilines is 1. The zero-order valence-electron chi connectivity index (χ0n) is 17.0. The highest BCUT2D eigenvalue weighted by Crippen LogP contribution is 2.22. The molecule has 1 aliphatic heterocycles. The van der Waals surface area contributed by atoms with E-state index in [0.717, 1.165) is 31.9 Å². The van der Waals surface area contributed by atoms with Crippen molar-refractivity contribution >= 4 is 27.5 Å². The first kappa shape index (κ1) is 21.6. The first-order valence-electron chi connectivity index (χ1n) is 10.5. The number of hydrogen-bond donors (Lipinski definition) is 2. The minimum Gasteiger partial charge on any atom is -0.353 e. The second-order valence-corrected chi connectivity index (χ2v) is 9.99. The van der Waals surface area contributed by atoms with Crippen LogP contribution < -0.4 is 10.0 Å². The van der Waals surface area contributed by atoms with E-state index >= 15 is 0 Å². The Hall–Kier alpha value is -2.09. The Labute approximate surface area is 173 Å². The second-order valence-electron chi connectivity index (χ2n) is 8.24. The number of likely N-dealkylation sites (tertiary alicyclic amines) is 1. The third-order valence-corrected chi connectivity index (χ3v) is 6.32. The van der Waals surface area contributed by atoms with Crippen molar-refractivity contribution < 1.29 is 18.0 Å². The molecule has 0 spiro atoms. The molecule has 0 radical (unpaired) electrons. The maximum absolute atomic E-state index is 12.9. The molecule has 1 atom stereocenters. The van der Waals surface area contributed by atoms with Crippen molar-refractivity contribution in [1.29, 1.82) is 0 Å². The number of nitrogens with zero attached hydrogens (tertiary/aromatic N) is 1. The van der Waals surface area contributed by atoms with E-state index in [4.69, 9.17) is 0 Å². The summed E-state index contributed by atoms with van der Waals surface area (Å²) >= 11 is 0. The Morgan fingerprint density at radius 1 is 0.966 bits per heavy atom. The molecule has 8 heteroatoms.